The van der Waals surface area contributed by atoms with Crippen LogP contribution in [0.1, 0.15) is 5.69 Å². The van der Waals surface area contributed by atoms with Crippen molar-refractivity contribution < 1.29 is 13.9 Å². The first-order valence-electron chi connectivity index (χ1n) is 8.52. The molecule has 0 aliphatic carbocycles. The first-order chi connectivity index (χ1) is 14.1. The number of benzene rings is 1. The van der Waals surface area contributed by atoms with Crippen molar-refractivity contribution in [2.75, 3.05) is 7.11 Å². The van der Waals surface area contributed by atoms with E-state index in [2.05, 4.69) is 25.4 Å². The van der Waals surface area contributed by atoms with Crippen LogP contribution in [0.3, 0.4) is 0 Å². The van der Waals surface area contributed by atoms with Crippen molar-refractivity contribution in [2.24, 2.45) is 0 Å². The monoisotopic (exact) mass is 409 g/mol. The van der Waals surface area contributed by atoms with E-state index in [9.17, 15) is 9.18 Å². The number of fused-ring (bicyclic) bond motifs is 3. The number of ether oxygens (including phenoxy) is 1. The lowest BCUT2D eigenvalue weighted by atomic mass is 10.3. The molecule has 0 radical (unpaired) electrons. The highest BCUT2D eigenvalue weighted by molar-refractivity contribution is 7.13. The number of nitrogens with zero attached hydrogens (tertiary/aromatic N) is 7. The molecule has 144 valence electrons. The Hall–Kier alpha value is -3.73. The van der Waals surface area contributed by atoms with Crippen molar-refractivity contribution in [3.8, 4) is 16.4 Å². The molecule has 0 spiro atoms. The number of methoxy groups -OCH3 is 1. The van der Waals surface area contributed by atoms with Gasteiger partial charge in [-0.15, -0.1) is 26.6 Å². The molecule has 4 heterocycles. The van der Waals surface area contributed by atoms with Crippen molar-refractivity contribution in [3.63, 3.8) is 0 Å². The van der Waals surface area contributed by atoms with Gasteiger partial charge in [-0.25, -0.2) is 9.07 Å². The molecule has 0 aliphatic rings. The topological polar surface area (TPSA) is 100 Å². The third kappa shape index (κ3) is 2.91. The van der Waals surface area contributed by atoms with Crippen molar-refractivity contribution in [2.45, 2.75) is 6.42 Å². The zero-order valence-corrected chi connectivity index (χ0v) is 15.8. The number of rotatable bonds is 4. The Morgan fingerprint density at radius 1 is 1.17 bits per heavy atom. The van der Waals surface area contributed by atoms with Crippen molar-refractivity contribution in [1.29, 1.82) is 0 Å². The largest absolute Gasteiger partial charge is 0.469 e. The summed E-state index contributed by atoms with van der Waals surface area (Å²) in [6.07, 6.45) is -0.0894. The number of aromatic nitrogens is 7. The van der Waals surface area contributed by atoms with Gasteiger partial charge in [0.05, 0.1) is 24.1 Å². The molecule has 0 saturated carbocycles. The highest BCUT2D eigenvalue weighted by atomic mass is 32.1. The van der Waals surface area contributed by atoms with E-state index in [1.807, 2.05) is 17.5 Å². The van der Waals surface area contributed by atoms with Gasteiger partial charge in [0.2, 0.25) is 0 Å². The lowest BCUT2D eigenvalue weighted by molar-refractivity contribution is -0.139. The lowest BCUT2D eigenvalue weighted by Crippen LogP contribution is -2.06. The van der Waals surface area contributed by atoms with Crippen LogP contribution in [0.2, 0.25) is 0 Å². The fraction of sp³-hybridized carbons (Fsp3) is 0.111. The Bertz CT molecular complexity index is 1340. The molecule has 9 nitrogen and oxygen atoms in total. The maximum Gasteiger partial charge on any atom is 0.311 e. The van der Waals surface area contributed by atoms with Gasteiger partial charge in [0, 0.05) is 0 Å². The van der Waals surface area contributed by atoms with Crippen LogP contribution in [0.25, 0.3) is 33.3 Å². The standard InChI is InChI=1S/C18H12FN7O2S/c1-28-14(27)9-12-15-17(25(23-12)11-6-4-10(19)5-7-11)26-18(22-21-15)20-16(24-26)13-3-2-8-29-13/h2-8H,9H2,1H3. The summed E-state index contributed by atoms with van der Waals surface area (Å²) in [5.41, 5.74) is 1.81. The molecule has 0 unspecified atom stereocenters. The van der Waals surface area contributed by atoms with E-state index in [0.29, 0.717) is 28.4 Å². The predicted molar refractivity (Wildman–Crippen MR) is 102 cm³/mol. The summed E-state index contributed by atoms with van der Waals surface area (Å²) in [4.78, 5) is 17.2. The van der Waals surface area contributed by atoms with Crippen LogP contribution in [0.5, 0.6) is 0 Å². The molecular weight excluding hydrogens is 397 g/mol. The highest BCUT2D eigenvalue weighted by Gasteiger charge is 2.22. The van der Waals surface area contributed by atoms with E-state index in [4.69, 9.17) is 4.74 Å². The maximum atomic E-state index is 13.4. The van der Waals surface area contributed by atoms with E-state index in [0.717, 1.165) is 4.88 Å². The number of hydrogen-bond donors (Lipinski definition) is 0. The SMILES string of the molecule is COC(=O)Cc1nn(-c2ccc(F)cc2)c2c1nnc1nc(-c3cccs3)nn12. The van der Waals surface area contributed by atoms with Gasteiger partial charge in [-0.3, -0.25) is 4.79 Å². The molecule has 0 amide bonds. The molecule has 29 heavy (non-hydrogen) atoms. The van der Waals surface area contributed by atoms with Gasteiger partial charge in [-0.1, -0.05) is 6.07 Å². The Balaban J connectivity index is 1.79. The normalized spacial score (nSPS) is 11.4. The number of carbonyl (C=O) groups is 1. The van der Waals surface area contributed by atoms with Crippen LogP contribution >= 0.6 is 11.3 Å². The molecule has 0 bridgehead atoms. The van der Waals surface area contributed by atoms with E-state index >= 15 is 0 Å². The molecule has 11 heteroatoms. The predicted octanol–water partition coefficient (Wildman–Crippen LogP) is 2.44. The van der Waals surface area contributed by atoms with E-state index in [1.165, 1.54) is 35.1 Å². The Morgan fingerprint density at radius 2 is 2.00 bits per heavy atom. The Kier molecular flexibility index (Phi) is 4.02. The van der Waals surface area contributed by atoms with E-state index in [1.54, 1.807) is 16.8 Å². The molecule has 0 atom stereocenters. The quantitative estimate of drug-likeness (QED) is 0.420. The summed E-state index contributed by atoms with van der Waals surface area (Å²) >= 11 is 1.50. The average Bonchev–Trinajstić information content (AvgIpc) is 3.46. The molecule has 5 aromatic rings. The second kappa shape index (κ2) is 6.71. The van der Waals surface area contributed by atoms with Gasteiger partial charge in [0.15, 0.2) is 17.0 Å². The smallest absolute Gasteiger partial charge is 0.311 e. The molecule has 5 rings (SSSR count). The molecule has 0 aliphatic heterocycles. The first-order valence-corrected chi connectivity index (χ1v) is 9.39. The zero-order valence-electron chi connectivity index (χ0n) is 15.0. The third-order valence-electron chi connectivity index (χ3n) is 4.29. The minimum absolute atomic E-state index is 0.0894. The fourth-order valence-electron chi connectivity index (χ4n) is 2.94. The van der Waals surface area contributed by atoms with Gasteiger partial charge in [0.25, 0.3) is 5.78 Å². The van der Waals surface area contributed by atoms with Gasteiger partial charge in [-0.05, 0) is 35.7 Å². The summed E-state index contributed by atoms with van der Waals surface area (Å²) in [5.74, 6) is -0.0435. The number of hydrogen-bond acceptors (Lipinski definition) is 8. The van der Waals surface area contributed by atoms with Crippen LogP contribution in [0, 0.1) is 5.82 Å². The number of esters is 1. The van der Waals surface area contributed by atoms with Crippen LogP contribution in [-0.4, -0.2) is 47.7 Å². The molecule has 4 aromatic heterocycles. The molecule has 0 N–H and O–H groups in total. The number of halogens is 1. The Morgan fingerprint density at radius 3 is 2.72 bits per heavy atom. The summed E-state index contributed by atoms with van der Waals surface area (Å²) < 4.78 is 21.2. The minimum atomic E-state index is -0.463. The summed E-state index contributed by atoms with van der Waals surface area (Å²) in [6, 6.07) is 9.62. The maximum absolute atomic E-state index is 13.4. The second-order valence-electron chi connectivity index (χ2n) is 6.08. The summed E-state index contributed by atoms with van der Waals surface area (Å²) in [6.45, 7) is 0. The van der Waals surface area contributed by atoms with Crippen molar-refractivity contribution >= 4 is 34.2 Å². The first kappa shape index (κ1) is 17.4. The number of carbonyl (C=O) groups excluding carboxylic acids is 1. The van der Waals surface area contributed by atoms with Gasteiger partial charge in [-0.2, -0.15) is 14.6 Å². The molecule has 0 saturated heterocycles. The molecule has 1 aromatic carbocycles. The zero-order chi connectivity index (χ0) is 20.0. The second-order valence-corrected chi connectivity index (χ2v) is 7.03. The van der Waals surface area contributed by atoms with Crippen LogP contribution in [0.15, 0.2) is 41.8 Å². The van der Waals surface area contributed by atoms with Crippen molar-refractivity contribution in [3.05, 3.63) is 53.3 Å². The van der Waals surface area contributed by atoms with E-state index < -0.39 is 5.97 Å². The van der Waals surface area contributed by atoms with E-state index in [-0.39, 0.29) is 18.0 Å². The van der Waals surface area contributed by atoms with Crippen molar-refractivity contribution in [1.82, 2.24) is 34.6 Å². The molecular formula is C18H12FN7O2S. The fourth-order valence-corrected chi connectivity index (χ4v) is 3.60. The van der Waals surface area contributed by atoms with Gasteiger partial charge >= 0.3 is 5.97 Å². The molecule has 0 fully saturated rings. The number of thiophene rings is 1. The van der Waals surface area contributed by atoms with Crippen LogP contribution < -0.4 is 0 Å². The van der Waals surface area contributed by atoms with Gasteiger partial charge in [0.1, 0.15) is 11.5 Å². The van der Waals surface area contributed by atoms with Crippen LogP contribution in [0.4, 0.5) is 4.39 Å². The Labute approximate surface area is 166 Å². The lowest BCUT2D eigenvalue weighted by Gasteiger charge is -2.03. The summed E-state index contributed by atoms with van der Waals surface area (Å²) in [7, 11) is 1.30. The minimum Gasteiger partial charge on any atom is -0.469 e. The van der Waals surface area contributed by atoms with Gasteiger partial charge < -0.3 is 4.74 Å². The third-order valence-corrected chi connectivity index (χ3v) is 5.15. The van der Waals surface area contributed by atoms with Crippen LogP contribution in [-0.2, 0) is 16.0 Å². The average molecular weight is 409 g/mol. The highest BCUT2D eigenvalue weighted by Crippen LogP contribution is 2.25. The summed E-state index contributed by atoms with van der Waals surface area (Å²) in [5, 5.41) is 19.3.